The first kappa shape index (κ1) is 17.3. The van der Waals surface area contributed by atoms with Crippen LogP contribution in [0.1, 0.15) is 72.6 Å². The lowest BCUT2D eigenvalue weighted by molar-refractivity contribution is -0.0320. The van der Waals surface area contributed by atoms with E-state index in [1.54, 1.807) is 0 Å². The second-order valence-corrected chi connectivity index (χ2v) is 7.74. The van der Waals surface area contributed by atoms with Gasteiger partial charge in [-0.25, -0.2) is 0 Å². The Labute approximate surface area is 132 Å². The van der Waals surface area contributed by atoms with Gasteiger partial charge in [-0.3, -0.25) is 0 Å². The van der Waals surface area contributed by atoms with Crippen LogP contribution in [0.25, 0.3) is 0 Å². The summed E-state index contributed by atoms with van der Waals surface area (Å²) < 4.78 is 5.73. The van der Waals surface area contributed by atoms with Gasteiger partial charge in [-0.1, -0.05) is 27.2 Å². The number of rotatable bonds is 8. The maximum absolute atomic E-state index is 5.73. The van der Waals surface area contributed by atoms with Crippen LogP contribution in [-0.2, 0) is 4.74 Å². The molecule has 0 aromatic carbocycles. The van der Waals surface area contributed by atoms with Crippen molar-refractivity contribution in [3.63, 3.8) is 0 Å². The maximum Gasteiger partial charge on any atom is 0.0580 e. The molecule has 1 N–H and O–H groups in total. The highest BCUT2D eigenvalue weighted by atomic mass is 16.5. The molecule has 0 heterocycles. The molecule has 0 spiro atoms. The second kappa shape index (κ2) is 8.53. The van der Waals surface area contributed by atoms with Crippen molar-refractivity contribution in [1.82, 2.24) is 5.32 Å². The molecule has 2 nitrogen and oxygen atoms in total. The summed E-state index contributed by atoms with van der Waals surface area (Å²) in [4.78, 5) is 0. The number of nitrogens with one attached hydrogen (secondary N) is 1. The summed E-state index contributed by atoms with van der Waals surface area (Å²) in [5, 5.41) is 3.88. The van der Waals surface area contributed by atoms with Crippen LogP contribution >= 0.6 is 0 Å². The Morgan fingerprint density at radius 1 is 1.05 bits per heavy atom. The molecule has 4 atom stereocenters. The van der Waals surface area contributed by atoms with Gasteiger partial charge in [-0.15, -0.1) is 0 Å². The minimum atomic E-state index is 0.567. The Hall–Kier alpha value is -0.0800. The van der Waals surface area contributed by atoms with Gasteiger partial charge in [0.05, 0.1) is 6.10 Å². The van der Waals surface area contributed by atoms with E-state index in [0.29, 0.717) is 6.10 Å². The Morgan fingerprint density at radius 2 is 1.81 bits per heavy atom. The molecule has 2 aliphatic carbocycles. The zero-order valence-electron chi connectivity index (χ0n) is 14.7. The Balaban J connectivity index is 1.80. The number of hydrogen-bond acceptors (Lipinski definition) is 2. The third-order valence-electron chi connectivity index (χ3n) is 6.05. The van der Waals surface area contributed by atoms with E-state index >= 15 is 0 Å². The molecule has 2 rings (SSSR count). The van der Waals surface area contributed by atoms with Crippen LogP contribution in [0.5, 0.6) is 0 Å². The molecule has 4 unspecified atom stereocenters. The normalized spacial score (nSPS) is 38.0. The largest absolute Gasteiger partial charge is 0.378 e. The highest BCUT2D eigenvalue weighted by molar-refractivity contribution is 4.89. The molecule has 2 fully saturated rings. The average Bonchev–Trinajstić information content (AvgIpc) is 2.43. The maximum atomic E-state index is 5.73. The Kier molecular flexibility index (Phi) is 7.01. The van der Waals surface area contributed by atoms with Gasteiger partial charge in [-0.2, -0.15) is 0 Å². The van der Waals surface area contributed by atoms with Crippen LogP contribution in [0.15, 0.2) is 0 Å². The molecule has 2 heteroatoms. The molecule has 0 radical (unpaired) electrons. The molecule has 0 aliphatic heterocycles. The molecule has 2 saturated carbocycles. The first-order chi connectivity index (χ1) is 10.1. The molecule has 0 amide bonds. The summed E-state index contributed by atoms with van der Waals surface area (Å²) in [6, 6.07) is 0.757. The quantitative estimate of drug-likeness (QED) is 0.705. The van der Waals surface area contributed by atoms with Crippen molar-refractivity contribution in [2.45, 2.75) is 84.8 Å². The molecule has 0 saturated heterocycles. The van der Waals surface area contributed by atoms with Crippen molar-refractivity contribution in [2.75, 3.05) is 13.2 Å². The summed E-state index contributed by atoms with van der Waals surface area (Å²) >= 11 is 0. The highest BCUT2D eigenvalue weighted by Gasteiger charge is 2.35. The molecule has 2 aliphatic rings. The van der Waals surface area contributed by atoms with E-state index in [2.05, 4.69) is 33.0 Å². The smallest absolute Gasteiger partial charge is 0.0580 e. The van der Waals surface area contributed by atoms with Crippen LogP contribution < -0.4 is 5.32 Å². The first-order valence-electron chi connectivity index (χ1n) is 9.48. The molecular weight excluding hydrogens is 258 g/mol. The highest BCUT2D eigenvalue weighted by Crippen LogP contribution is 2.40. The van der Waals surface area contributed by atoms with E-state index in [0.717, 1.165) is 36.3 Å². The van der Waals surface area contributed by atoms with Crippen LogP contribution in [-0.4, -0.2) is 25.3 Å². The van der Waals surface area contributed by atoms with Crippen LogP contribution in [0, 0.1) is 23.7 Å². The van der Waals surface area contributed by atoms with Gasteiger partial charge < -0.3 is 10.1 Å². The Bertz CT molecular complexity index is 287. The summed E-state index contributed by atoms with van der Waals surface area (Å²) in [5.74, 6) is 3.66. The van der Waals surface area contributed by atoms with Crippen molar-refractivity contribution < 1.29 is 4.74 Å². The zero-order chi connectivity index (χ0) is 15.2. The van der Waals surface area contributed by atoms with Crippen LogP contribution in [0.2, 0.25) is 0 Å². The third-order valence-corrected chi connectivity index (χ3v) is 6.05. The predicted octanol–water partition coefficient (Wildman–Crippen LogP) is 4.63. The average molecular weight is 296 g/mol. The zero-order valence-corrected chi connectivity index (χ0v) is 14.7. The van der Waals surface area contributed by atoms with Crippen molar-refractivity contribution in [3.05, 3.63) is 0 Å². The fraction of sp³-hybridized carbons (Fsp3) is 1.00. The summed E-state index contributed by atoms with van der Waals surface area (Å²) in [6.07, 6.45) is 10.1. The fourth-order valence-corrected chi connectivity index (χ4v) is 4.32. The minimum absolute atomic E-state index is 0.567. The number of ether oxygens (including phenoxy) is 1. The van der Waals surface area contributed by atoms with Crippen molar-refractivity contribution in [2.24, 2.45) is 23.7 Å². The lowest BCUT2D eigenvalue weighted by Crippen LogP contribution is -2.44. The standard InChI is InChI=1S/C19H37NO/c1-5-9-20-19(13-16-11-18(12-16)21-6-2)17-8-7-14(3)15(4)10-17/h14-20H,5-13H2,1-4H3. The fourth-order valence-electron chi connectivity index (χ4n) is 4.32. The molecule has 0 aromatic heterocycles. The summed E-state index contributed by atoms with van der Waals surface area (Å²) in [6.45, 7) is 11.4. The van der Waals surface area contributed by atoms with Gasteiger partial charge in [0.25, 0.3) is 0 Å². The lowest BCUT2D eigenvalue weighted by atomic mass is 9.69. The SMILES string of the molecule is CCCNC(CC1CC(OCC)C1)C1CCC(C)C(C)C1. The van der Waals surface area contributed by atoms with Gasteiger partial charge in [0.1, 0.15) is 0 Å². The van der Waals surface area contributed by atoms with Gasteiger partial charge in [0.15, 0.2) is 0 Å². The minimum Gasteiger partial charge on any atom is -0.378 e. The van der Waals surface area contributed by atoms with E-state index < -0.39 is 0 Å². The van der Waals surface area contributed by atoms with E-state index in [1.165, 1.54) is 51.5 Å². The summed E-state index contributed by atoms with van der Waals surface area (Å²) in [7, 11) is 0. The topological polar surface area (TPSA) is 21.3 Å². The predicted molar refractivity (Wildman–Crippen MR) is 90.5 cm³/mol. The number of hydrogen-bond donors (Lipinski definition) is 1. The van der Waals surface area contributed by atoms with Gasteiger partial charge >= 0.3 is 0 Å². The second-order valence-electron chi connectivity index (χ2n) is 7.74. The van der Waals surface area contributed by atoms with E-state index in [4.69, 9.17) is 4.74 Å². The van der Waals surface area contributed by atoms with Crippen LogP contribution in [0.4, 0.5) is 0 Å². The molecular formula is C19H37NO. The van der Waals surface area contributed by atoms with Crippen molar-refractivity contribution in [3.8, 4) is 0 Å². The van der Waals surface area contributed by atoms with Crippen molar-refractivity contribution >= 4 is 0 Å². The Morgan fingerprint density at radius 3 is 2.43 bits per heavy atom. The van der Waals surface area contributed by atoms with Crippen LogP contribution in [0.3, 0.4) is 0 Å². The van der Waals surface area contributed by atoms with Crippen molar-refractivity contribution in [1.29, 1.82) is 0 Å². The molecule has 0 aromatic rings. The monoisotopic (exact) mass is 295 g/mol. The van der Waals surface area contributed by atoms with E-state index in [-0.39, 0.29) is 0 Å². The molecule has 21 heavy (non-hydrogen) atoms. The molecule has 0 bridgehead atoms. The lowest BCUT2D eigenvalue weighted by Gasteiger charge is -2.42. The summed E-state index contributed by atoms with van der Waals surface area (Å²) in [5.41, 5.74) is 0. The molecule has 124 valence electrons. The van der Waals surface area contributed by atoms with Gasteiger partial charge in [0, 0.05) is 12.6 Å². The van der Waals surface area contributed by atoms with Gasteiger partial charge in [0.2, 0.25) is 0 Å². The van der Waals surface area contributed by atoms with E-state index in [9.17, 15) is 0 Å². The van der Waals surface area contributed by atoms with Gasteiger partial charge in [-0.05, 0) is 75.7 Å². The third kappa shape index (κ3) is 4.96. The first-order valence-corrected chi connectivity index (χ1v) is 9.48. The van der Waals surface area contributed by atoms with E-state index in [1.807, 2.05) is 0 Å².